The molecule has 0 spiro atoms. The first kappa shape index (κ1) is 48.9. The summed E-state index contributed by atoms with van der Waals surface area (Å²) < 4.78 is 16.5. The molecule has 0 amide bonds. The Balaban J connectivity index is 0.00000625. The number of aromatic nitrogens is 2. The van der Waals surface area contributed by atoms with E-state index in [0.717, 1.165) is 65.8 Å². The van der Waals surface area contributed by atoms with Gasteiger partial charge in [0.05, 0.1) is 5.69 Å². The summed E-state index contributed by atoms with van der Waals surface area (Å²) >= 11 is 0. The third-order valence-corrected chi connectivity index (χ3v) is 16.3. The zero-order valence-corrected chi connectivity index (χ0v) is 44.6. The fraction of sp³-hybridized carbons (Fsp3) is 0.254. The molecule has 68 heavy (non-hydrogen) atoms. The molecular weight excluding hydrogens is 1030 g/mol. The molecule has 3 nitrogen and oxygen atoms in total. The van der Waals surface area contributed by atoms with Gasteiger partial charge in [0, 0.05) is 21.6 Å². The number of hydrogen-bond acceptors (Lipinski definition) is 2. The Labute approximate surface area is 420 Å². The maximum atomic E-state index is 16.5. The van der Waals surface area contributed by atoms with E-state index < -0.39 is 7.14 Å². The van der Waals surface area contributed by atoms with Crippen LogP contribution in [-0.4, -0.2) is 4.98 Å². The average Bonchev–Trinajstić information content (AvgIpc) is 3.68. The number of fused-ring (bicyclic) bond motifs is 3. The van der Waals surface area contributed by atoms with Crippen molar-refractivity contribution >= 4 is 44.9 Å². The van der Waals surface area contributed by atoms with Crippen LogP contribution >= 0.6 is 7.14 Å². The molecule has 0 unspecified atom stereocenters. The molecule has 0 radical (unpaired) electrons. The molecule has 2 heterocycles. The first-order chi connectivity index (χ1) is 31.6. The van der Waals surface area contributed by atoms with Gasteiger partial charge in [-0.3, -0.25) is 4.98 Å². The van der Waals surface area contributed by atoms with Gasteiger partial charge in [0.15, 0.2) is 7.14 Å². The standard InChI is InChI=1S/C63H62N2OP.Au/c1-60(2,3)46-27-23-41(24-28-46)43-33-44(42-25-29-47(30-26-42)61(4,5)6)35-45(34-43)57-39-52(67(66,50-19-15-13-16-20-50)51-21-17-14-18-22-51)40-58(64-57)55-38-49(63(10,11)12)37-54-53-36-48(62(7,8)9)31-32-56(53)65-59(54)55;/h13-25,27-34,36-40H,1-12H3;/q-3;+3. The van der Waals surface area contributed by atoms with Crippen molar-refractivity contribution in [3.05, 3.63) is 192 Å². The SMILES string of the molecule is CC(C)(C)c1c[c-]c(-c2[c-]c(-c3cc(P(=O)(c4ccccc4)c4ccccc4)cc(-c4cc(C(C)(C)C)cc5c4[n-]c4ccc(C(C)(C)C)cc45)n3)cc(-c3ccc(C(C)(C)C)cc3)c2)cc1.[Au+3]. The maximum absolute atomic E-state index is 16.5. The molecular formula is C63H62AuN2OP. The zero-order valence-electron chi connectivity index (χ0n) is 41.6. The molecule has 7 aromatic carbocycles. The Kier molecular flexibility index (Phi) is 13.0. The molecule has 0 N–H and O–H groups in total. The molecule has 9 aromatic rings. The summed E-state index contributed by atoms with van der Waals surface area (Å²) in [5.74, 6) is 0. The van der Waals surface area contributed by atoms with Crippen LogP contribution in [0, 0.1) is 12.1 Å². The molecule has 0 atom stereocenters. The van der Waals surface area contributed by atoms with Gasteiger partial charge in [-0.25, -0.2) is 5.56 Å². The van der Waals surface area contributed by atoms with Crippen LogP contribution in [0.2, 0.25) is 0 Å². The molecule has 5 heteroatoms. The summed E-state index contributed by atoms with van der Waals surface area (Å²) in [5.41, 5.74) is 13.6. The van der Waals surface area contributed by atoms with Crippen molar-refractivity contribution in [2.45, 2.75) is 105 Å². The molecule has 0 aliphatic heterocycles. The zero-order chi connectivity index (χ0) is 47.7. The molecule has 0 saturated heterocycles. The van der Waals surface area contributed by atoms with Crippen LogP contribution in [0.25, 0.3) is 66.6 Å². The van der Waals surface area contributed by atoms with E-state index in [9.17, 15) is 0 Å². The molecule has 0 bridgehead atoms. The van der Waals surface area contributed by atoms with Gasteiger partial charge in [-0.05, 0) is 66.3 Å². The van der Waals surface area contributed by atoms with Gasteiger partial charge in [0.2, 0.25) is 0 Å². The van der Waals surface area contributed by atoms with Crippen molar-refractivity contribution in [2.75, 3.05) is 0 Å². The van der Waals surface area contributed by atoms with Crippen molar-refractivity contribution in [1.29, 1.82) is 0 Å². The van der Waals surface area contributed by atoms with Crippen molar-refractivity contribution in [1.82, 2.24) is 9.97 Å². The van der Waals surface area contributed by atoms with Crippen LogP contribution in [0.1, 0.15) is 105 Å². The van der Waals surface area contributed by atoms with Crippen molar-refractivity contribution in [2.24, 2.45) is 0 Å². The normalized spacial score (nSPS) is 12.6. The summed E-state index contributed by atoms with van der Waals surface area (Å²) in [5, 5.41) is 4.44. The predicted molar refractivity (Wildman–Crippen MR) is 286 cm³/mol. The molecule has 2 aromatic heterocycles. The largest absolute Gasteiger partial charge is 3.00 e. The minimum atomic E-state index is -3.49. The summed E-state index contributed by atoms with van der Waals surface area (Å²) in [6, 6.07) is 62.5. The minimum absolute atomic E-state index is 0. The van der Waals surface area contributed by atoms with E-state index in [0.29, 0.717) is 16.7 Å². The second kappa shape index (κ2) is 18.1. The van der Waals surface area contributed by atoms with Gasteiger partial charge in [-0.2, -0.15) is 35.9 Å². The quantitative estimate of drug-likeness (QED) is 0.0907. The van der Waals surface area contributed by atoms with Crippen LogP contribution in [0.4, 0.5) is 0 Å². The van der Waals surface area contributed by atoms with E-state index in [1.54, 1.807) is 0 Å². The first-order valence-electron chi connectivity index (χ1n) is 23.6. The number of benzene rings is 7. The minimum Gasteiger partial charge on any atom is -0.656 e. The summed E-state index contributed by atoms with van der Waals surface area (Å²) in [6.07, 6.45) is 0. The van der Waals surface area contributed by atoms with Crippen LogP contribution in [0.3, 0.4) is 0 Å². The summed E-state index contributed by atoms with van der Waals surface area (Å²) in [4.78, 5) is 11.0. The van der Waals surface area contributed by atoms with Crippen molar-refractivity contribution in [3.8, 4) is 44.8 Å². The number of rotatable bonds is 7. The smallest absolute Gasteiger partial charge is 0.656 e. The van der Waals surface area contributed by atoms with E-state index >= 15 is 4.57 Å². The predicted octanol–water partition coefficient (Wildman–Crippen LogP) is 15.4. The number of pyridine rings is 1. The summed E-state index contributed by atoms with van der Waals surface area (Å²) in [7, 11) is -3.49. The van der Waals surface area contributed by atoms with Gasteiger partial charge in [0.25, 0.3) is 0 Å². The Morgan fingerprint density at radius 1 is 0.456 bits per heavy atom. The third kappa shape index (κ3) is 9.57. The van der Waals surface area contributed by atoms with E-state index in [2.05, 4.69) is 186 Å². The van der Waals surface area contributed by atoms with E-state index in [1.165, 1.54) is 22.3 Å². The van der Waals surface area contributed by atoms with E-state index in [-0.39, 0.29) is 44.0 Å². The summed E-state index contributed by atoms with van der Waals surface area (Å²) in [6.45, 7) is 26.9. The molecule has 346 valence electrons. The molecule has 0 aliphatic rings. The molecule has 0 saturated carbocycles. The molecule has 9 rings (SSSR count). The fourth-order valence-corrected chi connectivity index (χ4v) is 11.6. The average molecular weight is 1090 g/mol. The van der Waals surface area contributed by atoms with Crippen LogP contribution in [0.15, 0.2) is 158 Å². The van der Waals surface area contributed by atoms with Crippen molar-refractivity contribution in [3.63, 3.8) is 0 Å². The van der Waals surface area contributed by atoms with Gasteiger partial charge >= 0.3 is 22.4 Å². The number of hydrogen-bond donors (Lipinski definition) is 0. The van der Waals surface area contributed by atoms with Crippen LogP contribution in [0.5, 0.6) is 0 Å². The van der Waals surface area contributed by atoms with Gasteiger partial charge in [-0.15, -0.1) is 34.3 Å². The molecule has 0 aliphatic carbocycles. The Hall–Kier alpha value is -5.54. The second-order valence-corrected chi connectivity index (χ2v) is 25.2. The third-order valence-electron chi connectivity index (χ3n) is 13.2. The maximum Gasteiger partial charge on any atom is 3.00 e. The Morgan fingerprint density at radius 3 is 1.54 bits per heavy atom. The first-order valence-corrected chi connectivity index (χ1v) is 25.3. The number of nitrogens with zero attached hydrogens (tertiary/aromatic N) is 2. The van der Waals surface area contributed by atoms with Crippen LogP contribution in [-0.2, 0) is 48.6 Å². The van der Waals surface area contributed by atoms with Gasteiger partial charge in [0.1, 0.15) is 0 Å². The second-order valence-electron chi connectivity index (χ2n) is 22.4. The van der Waals surface area contributed by atoms with E-state index in [1.807, 2.05) is 66.7 Å². The van der Waals surface area contributed by atoms with E-state index in [4.69, 9.17) is 9.97 Å². The van der Waals surface area contributed by atoms with Crippen molar-refractivity contribution < 1.29 is 26.9 Å². The van der Waals surface area contributed by atoms with Gasteiger partial charge < -0.3 is 9.55 Å². The van der Waals surface area contributed by atoms with Gasteiger partial charge in [-0.1, -0.05) is 210 Å². The topological polar surface area (TPSA) is 44.1 Å². The Morgan fingerprint density at radius 2 is 0.985 bits per heavy atom. The monoisotopic (exact) mass is 1090 g/mol. The molecule has 0 fully saturated rings. The van der Waals surface area contributed by atoms with Crippen LogP contribution < -0.4 is 20.9 Å². The fourth-order valence-electron chi connectivity index (χ4n) is 8.96. The Bertz CT molecular complexity index is 3200.